The van der Waals surface area contributed by atoms with Crippen LogP contribution in [0, 0.1) is 6.08 Å². The third kappa shape index (κ3) is 3.78. The maximum absolute atomic E-state index is 6.87. The van der Waals surface area contributed by atoms with E-state index in [1.807, 2.05) is 12.2 Å². The second-order valence-corrected chi connectivity index (χ2v) is 6.97. The van der Waals surface area contributed by atoms with Gasteiger partial charge in [0.05, 0.1) is 4.21 Å². The SMILES string of the molecule is ClC1(S[c-]2ccc3ccccc32)C=CC=C2[C-]=CC=C21.[Cl-].[Cl-].[Zr+4]. The predicted octanol–water partition coefficient (Wildman–Crippen LogP) is -0.613. The first-order valence-corrected chi connectivity index (χ1v) is 7.68. The van der Waals surface area contributed by atoms with Crippen molar-refractivity contribution in [2.75, 3.05) is 0 Å². The molecule has 0 amide bonds. The molecular formula is C18H11Cl3SZr. The topological polar surface area (TPSA) is 0 Å². The molecule has 0 saturated heterocycles. The van der Waals surface area contributed by atoms with Crippen molar-refractivity contribution in [3.63, 3.8) is 0 Å². The molecule has 0 radical (unpaired) electrons. The van der Waals surface area contributed by atoms with Crippen LogP contribution in [0.25, 0.3) is 10.8 Å². The molecule has 0 heterocycles. The van der Waals surface area contributed by atoms with Crippen molar-refractivity contribution in [3.8, 4) is 0 Å². The molecule has 2 aromatic rings. The first-order valence-electron chi connectivity index (χ1n) is 6.49. The Morgan fingerprint density at radius 1 is 1.09 bits per heavy atom. The van der Waals surface area contributed by atoms with Gasteiger partial charge in [-0.05, 0) is 0 Å². The molecule has 0 aromatic heterocycles. The number of thioether (sulfide) groups is 1. The van der Waals surface area contributed by atoms with Gasteiger partial charge >= 0.3 is 26.2 Å². The molecule has 0 saturated carbocycles. The van der Waals surface area contributed by atoms with Gasteiger partial charge in [0, 0.05) is 0 Å². The van der Waals surface area contributed by atoms with Crippen molar-refractivity contribution >= 4 is 34.1 Å². The fraction of sp³-hybridized carbons (Fsp3) is 0.0556. The Kier molecular flexibility index (Phi) is 7.57. The van der Waals surface area contributed by atoms with Gasteiger partial charge in [0.15, 0.2) is 0 Å². The number of fused-ring (bicyclic) bond motifs is 2. The summed E-state index contributed by atoms with van der Waals surface area (Å²) in [6.45, 7) is 0. The molecule has 114 valence electrons. The Hall–Kier alpha value is -0.107. The summed E-state index contributed by atoms with van der Waals surface area (Å²) in [6.07, 6.45) is 13.3. The number of hydrogen-bond donors (Lipinski definition) is 0. The quantitative estimate of drug-likeness (QED) is 0.429. The van der Waals surface area contributed by atoms with Gasteiger partial charge in [-0.15, -0.1) is 70.4 Å². The molecule has 0 fully saturated rings. The summed E-state index contributed by atoms with van der Waals surface area (Å²) in [4.78, 5) is 1.22. The van der Waals surface area contributed by atoms with Crippen LogP contribution in [0.1, 0.15) is 0 Å². The number of hydrogen-bond acceptors (Lipinski definition) is 1. The van der Waals surface area contributed by atoms with Crippen LogP contribution >= 0.6 is 23.4 Å². The van der Waals surface area contributed by atoms with Gasteiger partial charge in [-0.3, -0.25) is 0 Å². The van der Waals surface area contributed by atoms with Crippen LogP contribution in [0.15, 0.2) is 82.8 Å². The van der Waals surface area contributed by atoms with Crippen molar-refractivity contribution in [2.45, 2.75) is 9.10 Å². The third-order valence-electron chi connectivity index (χ3n) is 3.62. The maximum atomic E-state index is 6.87. The number of halogens is 3. The summed E-state index contributed by atoms with van der Waals surface area (Å²) >= 11 is 8.56. The van der Waals surface area contributed by atoms with Gasteiger partial charge in [0.1, 0.15) is 0 Å². The minimum absolute atomic E-state index is 0. The normalized spacial score (nSPS) is 20.7. The minimum Gasteiger partial charge on any atom is -1.00 e. The molecule has 2 aliphatic carbocycles. The average molecular weight is 457 g/mol. The van der Waals surface area contributed by atoms with Crippen molar-refractivity contribution < 1.29 is 51.0 Å². The Morgan fingerprint density at radius 3 is 2.70 bits per heavy atom. The van der Waals surface area contributed by atoms with Gasteiger partial charge in [0.25, 0.3) is 0 Å². The zero-order valence-electron chi connectivity index (χ0n) is 11.9. The van der Waals surface area contributed by atoms with Gasteiger partial charge < -0.3 is 24.8 Å². The Balaban J connectivity index is 0.000000882. The zero-order chi connectivity index (χ0) is 13.6. The molecule has 0 nitrogen and oxygen atoms in total. The molecule has 2 aromatic carbocycles. The summed E-state index contributed by atoms with van der Waals surface area (Å²) < 4.78 is -0.540. The average Bonchev–Trinajstić information content (AvgIpc) is 3.07. The van der Waals surface area contributed by atoms with Crippen LogP contribution < -0.4 is 24.8 Å². The van der Waals surface area contributed by atoms with Crippen LogP contribution in [0.2, 0.25) is 0 Å². The van der Waals surface area contributed by atoms with E-state index in [1.165, 1.54) is 15.7 Å². The van der Waals surface area contributed by atoms with Crippen LogP contribution in [-0.4, -0.2) is 4.21 Å². The largest absolute Gasteiger partial charge is 4.00 e. The fourth-order valence-corrected chi connectivity index (χ4v) is 4.31. The van der Waals surface area contributed by atoms with E-state index in [-0.39, 0.29) is 51.0 Å². The molecule has 2 aliphatic rings. The first-order chi connectivity index (χ1) is 9.76. The summed E-state index contributed by atoms with van der Waals surface area (Å²) in [5.41, 5.74) is 2.21. The number of rotatable bonds is 2. The van der Waals surface area contributed by atoms with E-state index in [9.17, 15) is 0 Å². The second-order valence-electron chi connectivity index (χ2n) is 4.86. The molecule has 23 heavy (non-hydrogen) atoms. The van der Waals surface area contributed by atoms with Crippen molar-refractivity contribution in [3.05, 3.63) is 84.0 Å². The van der Waals surface area contributed by atoms with E-state index in [2.05, 4.69) is 60.7 Å². The maximum Gasteiger partial charge on any atom is 4.00 e. The van der Waals surface area contributed by atoms with E-state index in [0.717, 1.165) is 11.1 Å². The van der Waals surface area contributed by atoms with E-state index in [1.54, 1.807) is 11.8 Å². The van der Waals surface area contributed by atoms with Gasteiger partial charge in [0.2, 0.25) is 0 Å². The van der Waals surface area contributed by atoms with Gasteiger partial charge in [-0.25, -0.2) is 0 Å². The van der Waals surface area contributed by atoms with Gasteiger partial charge in [-0.2, -0.15) is 35.6 Å². The van der Waals surface area contributed by atoms with E-state index in [4.69, 9.17) is 11.6 Å². The Bertz CT molecular complexity index is 817. The molecule has 0 bridgehead atoms. The molecule has 0 N–H and O–H groups in total. The smallest absolute Gasteiger partial charge is 1.00 e. The molecule has 0 aliphatic heterocycles. The van der Waals surface area contributed by atoms with Crippen LogP contribution in [0.3, 0.4) is 0 Å². The molecule has 4 rings (SSSR count). The second kappa shape index (κ2) is 8.32. The zero-order valence-corrected chi connectivity index (χ0v) is 17.4. The Labute approximate surface area is 177 Å². The van der Waals surface area contributed by atoms with Crippen molar-refractivity contribution in [1.82, 2.24) is 0 Å². The number of alkyl halides is 1. The summed E-state index contributed by atoms with van der Waals surface area (Å²) in [7, 11) is 0. The molecular weight excluding hydrogens is 446 g/mol. The Morgan fingerprint density at radius 2 is 1.87 bits per heavy atom. The van der Waals surface area contributed by atoms with Crippen molar-refractivity contribution in [2.24, 2.45) is 0 Å². The number of allylic oxidation sites excluding steroid dienone is 6. The predicted molar refractivity (Wildman–Crippen MR) is 87.1 cm³/mol. The molecule has 1 atom stereocenters. The summed E-state index contributed by atoms with van der Waals surface area (Å²) in [5, 5.41) is 2.52. The molecule has 0 spiro atoms. The monoisotopic (exact) mass is 454 g/mol. The van der Waals surface area contributed by atoms with Crippen LogP contribution in [0.4, 0.5) is 0 Å². The third-order valence-corrected chi connectivity index (χ3v) is 5.41. The fourth-order valence-electron chi connectivity index (χ4n) is 2.64. The number of benzene rings is 1. The molecule has 1 unspecified atom stereocenters. The van der Waals surface area contributed by atoms with Crippen LogP contribution in [0.5, 0.6) is 0 Å². The van der Waals surface area contributed by atoms with Gasteiger partial charge in [-0.1, -0.05) is 17.0 Å². The first kappa shape index (κ1) is 20.9. The van der Waals surface area contributed by atoms with E-state index in [0.29, 0.717) is 0 Å². The van der Waals surface area contributed by atoms with Crippen LogP contribution in [-0.2, 0) is 26.2 Å². The summed E-state index contributed by atoms with van der Waals surface area (Å²) in [5.74, 6) is 0. The summed E-state index contributed by atoms with van der Waals surface area (Å²) in [6, 6.07) is 12.7. The molecule has 5 heteroatoms. The van der Waals surface area contributed by atoms with E-state index >= 15 is 0 Å². The van der Waals surface area contributed by atoms with E-state index < -0.39 is 4.21 Å². The minimum atomic E-state index is -0.540. The standard InChI is InChI=1S/C18H11ClS.2ClH.Zr/c19-18(12-4-7-14-6-3-9-16(14)18)20-17-11-10-13-5-1-2-8-15(13)17;;;/h1-5,7-12H;2*1H;/q-2;;;+4/p-2. The van der Waals surface area contributed by atoms with Crippen molar-refractivity contribution in [1.29, 1.82) is 0 Å².